The van der Waals surface area contributed by atoms with Crippen LogP contribution in [0.25, 0.3) is 0 Å². The molecule has 1 N–H and O–H groups in total. The number of benzene rings is 1. The molecule has 0 amide bonds. The van der Waals surface area contributed by atoms with E-state index in [-0.39, 0.29) is 36.6 Å². The Morgan fingerprint density at radius 2 is 2.09 bits per heavy atom. The summed E-state index contributed by atoms with van der Waals surface area (Å²) in [5, 5.41) is 3.00. The van der Waals surface area contributed by atoms with Crippen LogP contribution in [-0.4, -0.2) is 18.6 Å². The van der Waals surface area contributed by atoms with Gasteiger partial charge in [-0.25, -0.2) is 4.39 Å². The van der Waals surface area contributed by atoms with Crippen LogP contribution in [0.1, 0.15) is 37.3 Å². The van der Waals surface area contributed by atoms with Gasteiger partial charge in [0.25, 0.3) is 0 Å². The summed E-state index contributed by atoms with van der Waals surface area (Å²) >= 11 is 0. The quantitative estimate of drug-likeness (QED) is 0.660. The maximum Gasteiger partial charge on any atom is 0.416 e. The summed E-state index contributed by atoms with van der Waals surface area (Å²) in [7, 11) is 0. The van der Waals surface area contributed by atoms with Gasteiger partial charge in [0, 0.05) is 12.6 Å². The molecule has 0 aromatic heterocycles. The van der Waals surface area contributed by atoms with Gasteiger partial charge in [-0.1, -0.05) is 12.5 Å². The van der Waals surface area contributed by atoms with Crippen molar-refractivity contribution in [2.45, 2.75) is 44.9 Å². The van der Waals surface area contributed by atoms with Crippen LogP contribution in [0.4, 0.5) is 17.6 Å². The van der Waals surface area contributed by atoms with E-state index in [1.54, 1.807) is 6.92 Å². The normalized spacial score (nSPS) is 21.4. The van der Waals surface area contributed by atoms with Crippen molar-refractivity contribution in [3.8, 4) is 0 Å². The molecule has 128 valence electrons. The topological polar surface area (TPSA) is 38.3 Å². The highest BCUT2D eigenvalue weighted by Gasteiger charge is 2.36. The third kappa shape index (κ3) is 4.43. The molecule has 1 saturated carbocycles. The lowest BCUT2D eigenvalue weighted by Gasteiger charge is -2.21. The van der Waals surface area contributed by atoms with Gasteiger partial charge in [-0.15, -0.1) is 0 Å². The van der Waals surface area contributed by atoms with E-state index in [2.05, 4.69) is 5.32 Å². The van der Waals surface area contributed by atoms with Gasteiger partial charge in [-0.3, -0.25) is 4.79 Å². The fraction of sp³-hybridized carbons (Fsp3) is 0.562. The maximum absolute atomic E-state index is 13.1. The maximum atomic E-state index is 13.1. The van der Waals surface area contributed by atoms with Crippen molar-refractivity contribution < 1.29 is 27.1 Å². The fourth-order valence-electron chi connectivity index (χ4n) is 2.94. The van der Waals surface area contributed by atoms with Crippen molar-refractivity contribution in [3.05, 3.63) is 35.1 Å². The Kier molecular flexibility index (Phi) is 5.62. The first-order valence-corrected chi connectivity index (χ1v) is 7.58. The zero-order chi connectivity index (χ0) is 17.0. The highest BCUT2D eigenvalue weighted by Crippen LogP contribution is 2.33. The van der Waals surface area contributed by atoms with Crippen molar-refractivity contribution in [1.82, 2.24) is 5.32 Å². The fourth-order valence-corrected chi connectivity index (χ4v) is 2.94. The van der Waals surface area contributed by atoms with Gasteiger partial charge in [0.1, 0.15) is 5.82 Å². The molecule has 0 aliphatic heterocycles. The Balaban J connectivity index is 2.07. The summed E-state index contributed by atoms with van der Waals surface area (Å²) in [4.78, 5) is 11.8. The van der Waals surface area contributed by atoms with Crippen LogP contribution >= 0.6 is 0 Å². The van der Waals surface area contributed by atoms with Crippen LogP contribution in [0.3, 0.4) is 0 Å². The van der Waals surface area contributed by atoms with E-state index >= 15 is 0 Å². The molecule has 1 aromatic rings. The minimum atomic E-state index is -4.62. The summed E-state index contributed by atoms with van der Waals surface area (Å²) < 4.78 is 57.0. The lowest BCUT2D eigenvalue weighted by atomic mass is 10.0. The van der Waals surface area contributed by atoms with E-state index in [0.717, 1.165) is 18.6 Å². The van der Waals surface area contributed by atoms with Crippen LogP contribution in [0.2, 0.25) is 0 Å². The minimum absolute atomic E-state index is 0.0339. The van der Waals surface area contributed by atoms with E-state index in [9.17, 15) is 22.4 Å². The second kappa shape index (κ2) is 7.29. The third-order valence-corrected chi connectivity index (χ3v) is 4.04. The molecule has 0 radical (unpaired) electrons. The van der Waals surface area contributed by atoms with Gasteiger partial charge in [0.2, 0.25) is 0 Å². The van der Waals surface area contributed by atoms with E-state index in [4.69, 9.17) is 4.74 Å². The van der Waals surface area contributed by atoms with Crippen LogP contribution in [0.15, 0.2) is 18.2 Å². The molecule has 2 rings (SSSR count). The predicted molar refractivity (Wildman–Crippen MR) is 76.0 cm³/mol. The summed E-state index contributed by atoms with van der Waals surface area (Å²) in [6.07, 6.45) is -2.44. The van der Waals surface area contributed by atoms with Gasteiger partial charge in [-0.05, 0) is 37.5 Å². The molecule has 1 aromatic carbocycles. The first kappa shape index (κ1) is 17.7. The lowest BCUT2D eigenvalue weighted by molar-refractivity contribution is -0.148. The molecular formula is C16H19F4NO2. The Morgan fingerprint density at radius 1 is 1.35 bits per heavy atom. The highest BCUT2D eigenvalue weighted by molar-refractivity contribution is 5.73. The molecule has 0 heterocycles. The Labute approximate surface area is 132 Å². The average molecular weight is 333 g/mol. The molecule has 1 aliphatic carbocycles. The van der Waals surface area contributed by atoms with E-state index in [1.165, 1.54) is 0 Å². The standard InChI is InChI=1S/C16H19F4NO2/c1-2-23-15(22)12-4-3-5-14(12)21-9-10-6-7-11(17)8-13(10)16(18,19)20/h6-8,12,14,21H,2-5,9H2,1H3/t12-,14+/m1/s1. The number of hydrogen-bond acceptors (Lipinski definition) is 3. The Morgan fingerprint density at radius 3 is 2.74 bits per heavy atom. The second-order valence-corrected chi connectivity index (χ2v) is 5.58. The monoisotopic (exact) mass is 333 g/mol. The number of halogens is 4. The number of carbonyl (C=O) groups is 1. The largest absolute Gasteiger partial charge is 0.466 e. The summed E-state index contributed by atoms with van der Waals surface area (Å²) in [5.74, 6) is -1.59. The zero-order valence-corrected chi connectivity index (χ0v) is 12.8. The SMILES string of the molecule is CCOC(=O)[C@@H]1CCC[C@@H]1NCc1ccc(F)cc1C(F)(F)F. The molecule has 0 spiro atoms. The van der Waals surface area contributed by atoms with Crippen LogP contribution in [-0.2, 0) is 22.3 Å². The zero-order valence-electron chi connectivity index (χ0n) is 12.8. The van der Waals surface area contributed by atoms with Gasteiger partial charge in [0.15, 0.2) is 0 Å². The van der Waals surface area contributed by atoms with Gasteiger partial charge in [-0.2, -0.15) is 13.2 Å². The number of ether oxygens (including phenoxy) is 1. The average Bonchev–Trinajstić information content (AvgIpc) is 2.93. The molecule has 1 fully saturated rings. The summed E-state index contributed by atoms with van der Waals surface area (Å²) in [6, 6.07) is 2.40. The first-order chi connectivity index (χ1) is 10.8. The molecule has 0 unspecified atom stereocenters. The molecule has 2 atom stereocenters. The number of alkyl halides is 3. The Bertz CT molecular complexity index is 560. The second-order valence-electron chi connectivity index (χ2n) is 5.58. The number of hydrogen-bond donors (Lipinski definition) is 1. The molecular weight excluding hydrogens is 314 g/mol. The summed E-state index contributed by atoms with van der Waals surface area (Å²) in [6.45, 7) is 1.91. The van der Waals surface area contributed by atoms with E-state index in [1.807, 2.05) is 0 Å². The first-order valence-electron chi connectivity index (χ1n) is 7.58. The molecule has 3 nitrogen and oxygen atoms in total. The number of carbonyl (C=O) groups excluding carboxylic acids is 1. The van der Waals surface area contributed by atoms with Gasteiger partial charge >= 0.3 is 12.1 Å². The van der Waals surface area contributed by atoms with Crippen LogP contribution < -0.4 is 5.32 Å². The van der Waals surface area contributed by atoms with Crippen molar-refractivity contribution in [1.29, 1.82) is 0 Å². The van der Waals surface area contributed by atoms with Gasteiger partial charge in [0.05, 0.1) is 18.1 Å². The molecule has 7 heteroatoms. The molecule has 0 bridgehead atoms. The van der Waals surface area contributed by atoms with Gasteiger partial charge < -0.3 is 10.1 Å². The van der Waals surface area contributed by atoms with Crippen molar-refractivity contribution in [3.63, 3.8) is 0 Å². The summed E-state index contributed by atoms with van der Waals surface area (Å²) in [5.41, 5.74) is -1.02. The Hall–Kier alpha value is -1.63. The highest BCUT2D eigenvalue weighted by atomic mass is 19.4. The van der Waals surface area contributed by atoms with E-state index < -0.39 is 17.6 Å². The van der Waals surface area contributed by atoms with Crippen LogP contribution in [0.5, 0.6) is 0 Å². The number of rotatable bonds is 5. The smallest absolute Gasteiger partial charge is 0.416 e. The number of esters is 1. The van der Waals surface area contributed by atoms with Crippen molar-refractivity contribution in [2.24, 2.45) is 5.92 Å². The van der Waals surface area contributed by atoms with Crippen LogP contribution in [0, 0.1) is 11.7 Å². The molecule has 0 saturated heterocycles. The predicted octanol–water partition coefficient (Wildman–Crippen LogP) is 3.67. The van der Waals surface area contributed by atoms with E-state index in [0.29, 0.717) is 18.9 Å². The lowest BCUT2D eigenvalue weighted by Crippen LogP contribution is -2.37. The molecule has 1 aliphatic rings. The number of nitrogens with one attached hydrogen (secondary N) is 1. The minimum Gasteiger partial charge on any atom is -0.466 e. The van der Waals surface area contributed by atoms with Crippen molar-refractivity contribution in [2.75, 3.05) is 6.61 Å². The van der Waals surface area contributed by atoms with Crippen molar-refractivity contribution >= 4 is 5.97 Å². The molecule has 23 heavy (non-hydrogen) atoms. The third-order valence-electron chi connectivity index (χ3n) is 4.04.